The van der Waals surface area contributed by atoms with Crippen molar-refractivity contribution in [3.05, 3.63) is 32.9 Å². The molecule has 0 aliphatic carbocycles. The summed E-state index contributed by atoms with van der Waals surface area (Å²) in [6.45, 7) is 3.48. The van der Waals surface area contributed by atoms with Crippen molar-refractivity contribution < 1.29 is 28.2 Å². The molecule has 10 heteroatoms. The molecular formula is C17H23FN2O7. The van der Waals surface area contributed by atoms with Gasteiger partial charge in [-0.25, -0.2) is 4.79 Å². The van der Waals surface area contributed by atoms with Gasteiger partial charge in [0.2, 0.25) is 5.82 Å². The number of hydrogen-bond donors (Lipinski definition) is 1. The molecule has 1 aliphatic heterocycles. The molecule has 2 rings (SSSR count). The van der Waals surface area contributed by atoms with Gasteiger partial charge in [-0.05, 0) is 12.8 Å². The second-order valence-electron chi connectivity index (χ2n) is 6.22. The number of esters is 2. The fourth-order valence-corrected chi connectivity index (χ4v) is 2.70. The third-order valence-electron chi connectivity index (χ3n) is 4.01. The van der Waals surface area contributed by atoms with Crippen molar-refractivity contribution in [2.45, 2.75) is 64.4 Å². The van der Waals surface area contributed by atoms with Crippen molar-refractivity contribution in [3.8, 4) is 0 Å². The summed E-state index contributed by atoms with van der Waals surface area (Å²) < 4.78 is 30.6. The summed E-state index contributed by atoms with van der Waals surface area (Å²) in [6.07, 6.45) is -0.108. The molecule has 3 atom stereocenters. The van der Waals surface area contributed by atoms with Gasteiger partial charge in [-0.1, -0.05) is 13.8 Å². The van der Waals surface area contributed by atoms with Crippen LogP contribution in [0, 0.1) is 5.82 Å². The Morgan fingerprint density at radius 3 is 2.59 bits per heavy atom. The predicted octanol–water partition coefficient (Wildman–Crippen LogP) is 1.02. The highest BCUT2D eigenvalue weighted by atomic mass is 19.1. The molecule has 1 aromatic heterocycles. The summed E-state index contributed by atoms with van der Waals surface area (Å²) in [5, 5.41) is 0. The molecule has 0 aromatic carbocycles. The monoisotopic (exact) mass is 386 g/mol. The van der Waals surface area contributed by atoms with Crippen molar-refractivity contribution in [2.24, 2.45) is 0 Å². The first-order valence-corrected chi connectivity index (χ1v) is 8.87. The quantitative estimate of drug-likeness (QED) is 0.663. The van der Waals surface area contributed by atoms with Gasteiger partial charge in [-0.3, -0.25) is 23.9 Å². The van der Waals surface area contributed by atoms with E-state index >= 15 is 0 Å². The summed E-state index contributed by atoms with van der Waals surface area (Å²) in [6, 6.07) is 0. The van der Waals surface area contributed by atoms with Crippen LogP contribution in [-0.4, -0.2) is 40.3 Å². The van der Waals surface area contributed by atoms with E-state index in [9.17, 15) is 23.6 Å². The van der Waals surface area contributed by atoms with E-state index in [0.29, 0.717) is 12.8 Å². The molecule has 1 N–H and O–H groups in total. The highest BCUT2D eigenvalue weighted by Crippen LogP contribution is 2.30. The standard InChI is InChI=1S/C17H23FN2O7/c1-3-5-14(21)25-9-12-11(27-15(22)6-4-2)7-13(26-12)20-8-10(18)16(23)19-17(20)24/h8,11-13H,3-7,9H2,1-2H3,(H,19,23,24)/t11-,12+,13+/m0/s1. The van der Waals surface area contributed by atoms with Gasteiger partial charge >= 0.3 is 17.6 Å². The molecule has 1 fully saturated rings. The maximum atomic E-state index is 13.5. The summed E-state index contributed by atoms with van der Waals surface area (Å²) in [5.74, 6) is -2.01. The molecule has 27 heavy (non-hydrogen) atoms. The minimum absolute atomic E-state index is 0.0524. The largest absolute Gasteiger partial charge is 0.463 e. The Bertz CT molecular complexity index is 788. The van der Waals surface area contributed by atoms with Crippen LogP contribution in [0.3, 0.4) is 0 Å². The molecule has 0 saturated carbocycles. The molecule has 150 valence electrons. The molecule has 0 spiro atoms. The topological polar surface area (TPSA) is 117 Å². The number of halogens is 1. The highest BCUT2D eigenvalue weighted by molar-refractivity contribution is 5.70. The van der Waals surface area contributed by atoms with Crippen LogP contribution < -0.4 is 11.2 Å². The van der Waals surface area contributed by atoms with Crippen molar-refractivity contribution >= 4 is 11.9 Å². The Labute approximate surface area is 154 Å². The minimum atomic E-state index is -1.14. The second-order valence-corrected chi connectivity index (χ2v) is 6.22. The Hall–Kier alpha value is -2.49. The van der Waals surface area contributed by atoms with Crippen LogP contribution in [0.1, 0.15) is 52.2 Å². The van der Waals surface area contributed by atoms with Crippen LogP contribution in [-0.2, 0) is 23.8 Å². The number of nitrogens with one attached hydrogen (secondary N) is 1. The van der Waals surface area contributed by atoms with Crippen molar-refractivity contribution in [2.75, 3.05) is 6.61 Å². The molecular weight excluding hydrogens is 363 g/mol. The zero-order valence-electron chi connectivity index (χ0n) is 15.2. The van der Waals surface area contributed by atoms with Crippen LogP contribution in [0.15, 0.2) is 15.8 Å². The third kappa shape index (κ3) is 5.49. The molecule has 0 bridgehead atoms. The van der Waals surface area contributed by atoms with Gasteiger partial charge in [0, 0.05) is 19.3 Å². The maximum Gasteiger partial charge on any atom is 0.330 e. The summed E-state index contributed by atoms with van der Waals surface area (Å²) in [5.41, 5.74) is -1.99. The normalized spacial score (nSPS) is 21.8. The second kappa shape index (κ2) is 9.45. The molecule has 2 heterocycles. The third-order valence-corrected chi connectivity index (χ3v) is 4.01. The van der Waals surface area contributed by atoms with Crippen LogP contribution >= 0.6 is 0 Å². The lowest BCUT2D eigenvalue weighted by molar-refractivity contribution is -0.158. The van der Waals surface area contributed by atoms with E-state index in [-0.39, 0.29) is 25.9 Å². The molecule has 1 saturated heterocycles. The predicted molar refractivity (Wildman–Crippen MR) is 90.5 cm³/mol. The first kappa shape index (κ1) is 20.8. The average molecular weight is 386 g/mol. The number of H-pyrrole nitrogens is 1. The molecule has 0 unspecified atom stereocenters. The van der Waals surface area contributed by atoms with Crippen LogP contribution in [0.25, 0.3) is 0 Å². The van der Waals surface area contributed by atoms with E-state index in [1.807, 2.05) is 18.8 Å². The van der Waals surface area contributed by atoms with Crippen LogP contribution in [0.5, 0.6) is 0 Å². The van der Waals surface area contributed by atoms with E-state index in [1.165, 1.54) is 0 Å². The van der Waals surface area contributed by atoms with Gasteiger partial charge in [0.15, 0.2) is 0 Å². The van der Waals surface area contributed by atoms with E-state index in [1.54, 1.807) is 0 Å². The number of ether oxygens (including phenoxy) is 3. The smallest absolute Gasteiger partial charge is 0.330 e. The Morgan fingerprint density at radius 1 is 1.26 bits per heavy atom. The van der Waals surface area contributed by atoms with Gasteiger partial charge in [0.05, 0.1) is 6.20 Å². The first-order valence-electron chi connectivity index (χ1n) is 8.87. The van der Waals surface area contributed by atoms with E-state index in [4.69, 9.17) is 14.2 Å². The lowest BCUT2D eigenvalue weighted by Gasteiger charge is -2.18. The van der Waals surface area contributed by atoms with E-state index in [2.05, 4.69) is 0 Å². The number of carbonyl (C=O) groups is 2. The van der Waals surface area contributed by atoms with E-state index in [0.717, 1.165) is 10.8 Å². The lowest BCUT2D eigenvalue weighted by atomic mass is 10.2. The minimum Gasteiger partial charge on any atom is -0.463 e. The lowest BCUT2D eigenvalue weighted by Crippen LogP contribution is -2.34. The summed E-state index contributed by atoms with van der Waals surface area (Å²) >= 11 is 0. The first-order chi connectivity index (χ1) is 12.8. The SMILES string of the molecule is CCCC(=O)OC[C@H]1O[C@@H](n2cc(F)c(=O)[nH]c2=O)C[C@@H]1OC(=O)CCC. The Kier molecular flexibility index (Phi) is 7.28. The molecule has 9 nitrogen and oxygen atoms in total. The van der Waals surface area contributed by atoms with Crippen molar-refractivity contribution in [1.29, 1.82) is 0 Å². The van der Waals surface area contributed by atoms with Gasteiger partial charge in [0.25, 0.3) is 5.56 Å². The average Bonchev–Trinajstić information content (AvgIpc) is 2.99. The number of aromatic amines is 1. The number of carbonyl (C=O) groups excluding carboxylic acids is 2. The van der Waals surface area contributed by atoms with E-state index < -0.39 is 47.4 Å². The number of aromatic nitrogens is 2. The number of nitrogens with zero attached hydrogens (tertiary/aromatic N) is 1. The van der Waals surface area contributed by atoms with Crippen LogP contribution in [0.2, 0.25) is 0 Å². The van der Waals surface area contributed by atoms with Gasteiger partial charge in [-0.15, -0.1) is 0 Å². The van der Waals surface area contributed by atoms with Gasteiger partial charge in [0.1, 0.15) is 25.0 Å². The molecule has 0 radical (unpaired) electrons. The number of rotatable bonds is 8. The maximum absolute atomic E-state index is 13.5. The van der Waals surface area contributed by atoms with Crippen molar-refractivity contribution in [1.82, 2.24) is 9.55 Å². The Morgan fingerprint density at radius 2 is 1.93 bits per heavy atom. The fraction of sp³-hybridized carbons (Fsp3) is 0.647. The van der Waals surface area contributed by atoms with Crippen molar-refractivity contribution in [3.63, 3.8) is 0 Å². The number of hydrogen-bond acceptors (Lipinski definition) is 7. The van der Waals surface area contributed by atoms with Gasteiger partial charge < -0.3 is 14.2 Å². The molecule has 0 amide bonds. The zero-order valence-corrected chi connectivity index (χ0v) is 15.2. The highest BCUT2D eigenvalue weighted by Gasteiger charge is 2.40. The summed E-state index contributed by atoms with van der Waals surface area (Å²) in [4.78, 5) is 48.4. The fourth-order valence-electron chi connectivity index (χ4n) is 2.70. The summed E-state index contributed by atoms with van der Waals surface area (Å²) in [7, 11) is 0. The molecule has 1 aliphatic rings. The van der Waals surface area contributed by atoms with Crippen LogP contribution in [0.4, 0.5) is 4.39 Å². The zero-order chi connectivity index (χ0) is 20.0. The molecule has 1 aromatic rings. The van der Waals surface area contributed by atoms with Gasteiger partial charge in [-0.2, -0.15) is 4.39 Å². The Balaban J connectivity index is 2.16.